The van der Waals surface area contributed by atoms with Gasteiger partial charge >= 0.3 is 0 Å². The summed E-state index contributed by atoms with van der Waals surface area (Å²) in [6, 6.07) is 0.533. The molecule has 0 spiro atoms. The largest absolute Gasteiger partial charge is 0.374 e. The Balaban J connectivity index is 2.29. The monoisotopic (exact) mass is 271 g/mol. The van der Waals surface area contributed by atoms with Gasteiger partial charge in [0.25, 0.3) is 0 Å². The molecule has 1 fully saturated rings. The van der Waals surface area contributed by atoms with E-state index in [1.165, 1.54) is 25.7 Å². The van der Waals surface area contributed by atoms with Crippen molar-refractivity contribution >= 4 is 0 Å². The Hall–Kier alpha value is -0.120. The van der Waals surface area contributed by atoms with Gasteiger partial charge in [-0.1, -0.05) is 13.8 Å². The van der Waals surface area contributed by atoms with Crippen molar-refractivity contribution in [3.63, 3.8) is 0 Å². The number of ether oxygens (including phenoxy) is 2. The molecule has 0 saturated heterocycles. The second kappa shape index (κ2) is 8.23. The Kier molecular flexibility index (Phi) is 7.33. The lowest BCUT2D eigenvalue weighted by molar-refractivity contribution is -0.0690. The Morgan fingerprint density at radius 3 is 2.53 bits per heavy atom. The van der Waals surface area contributed by atoms with Gasteiger partial charge in [-0.15, -0.1) is 0 Å². The summed E-state index contributed by atoms with van der Waals surface area (Å²) >= 11 is 0. The highest BCUT2D eigenvalue weighted by Crippen LogP contribution is 2.26. The third-order valence-corrected chi connectivity index (χ3v) is 3.66. The molecule has 114 valence electrons. The molecule has 0 aromatic carbocycles. The standard InChI is InChI=1S/C16H33NO2/c1-6-9-17-14-8-7-13(2)12-15(14)18-10-11-19-16(3,4)5/h13-15,17H,6-12H2,1-5H3. The normalized spacial score (nSPS) is 28.6. The second-order valence-corrected chi connectivity index (χ2v) is 6.85. The zero-order valence-electron chi connectivity index (χ0n) is 13.5. The summed E-state index contributed by atoms with van der Waals surface area (Å²) in [6.07, 6.45) is 5.29. The van der Waals surface area contributed by atoms with Gasteiger partial charge in [0, 0.05) is 6.04 Å². The molecule has 3 atom stereocenters. The quantitative estimate of drug-likeness (QED) is 0.720. The van der Waals surface area contributed by atoms with Crippen LogP contribution in [0.4, 0.5) is 0 Å². The number of rotatable bonds is 7. The van der Waals surface area contributed by atoms with Gasteiger partial charge in [0.15, 0.2) is 0 Å². The first-order chi connectivity index (χ1) is 8.92. The Morgan fingerprint density at radius 2 is 1.89 bits per heavy atom. The molecule has 0 amide bonds. The highest BCUT2D eigenvalue weighted by Gasteiger charge is 2.28. The molecule has 1 rings (SSSR count). The average Bonchev–Trinajstić information content (AvgIpc) is 2.32. The Bertz CT molecular complexity index is 235. The Labute approximate surface area is 119 Å². The van der Waals surface area contributed by atoms with Crippen molar-refractivity contribution in [1.82, 2.24) is 5.32 Å². The number of hydrogen-bond donors (Lipinski definition) is 1. The minimum absolute atomic E-state index is 0.0664. The van der Waals surface area contributed by atoms with Gasteiger partial charge in [-0.2, -0.15) is 0 Å². The van der Waals surface area contributed by atoms with Gasteiger partial charge in [0.05, 0.1) is 24.9 Å². The second-order valence-electron chi connectivity index (χ2n) is 6.85. The minimum atomic E-state index is -0.0664. The third-order valence-electron chi connectivity index (χ3n) is 3.66. The first-order valence-electron chi connectivity index (χ1n) is 7.91. The van der Waals surface area contributed by atoms with E-state index < -0.39 is 0 Å². The van der Waals surface area contributed by atoms with Gasteiger partial charge in [-0.3, -0.25) is 0 Å². The molecular weight excluding hydrogens is 238 g/mol. The van der Waals surface area contributed by atoms with Gasteiger partial charge in [-0.25, -0.2) is 0 Å². The van der Waals surface area contributed by atoms with Crippen LogP contribution >= 0.6 is 0 Å². The molecule has 1 aliphatic rings. The molecule has 0 aromatic heterocycles. The molecular formula is C16H33NO2. The maximum absolute atomic E-state index is 6.07. The van der Waals surface area contributed by atoms with E-state index >= 15 is 0 Å². The van der Waals surface area contributed by atoms with E-state index in [0.717, 1.165) is 12.5 Å². The first kappa shape index (κ1) is 16.9. The van der Waals surface area contributed by atoms with E-state index in [4.69, 9.17) is 9.47 Å². The van der Waals surface area contributed by atoms with Gasteiger partial charge in [0.2, 0.25) is 0 Å². The highest BCUT2D eigenvalue weighted by molar-refractivity contribution is 4.84. The molecule has 1 N–H and O–H groups in total. The fourth-order valence-electron chi connectivity index (χ4n) is 2.62. The van der Waals surface area contributed by atoms with Crippen LogP contribution in [0, 0.1) is 5.92 Å². The van der Waals surface area contributed by atoms with Crippen LogP contribution in [0.25, 0.3) is 0 Å². The van der Waals surface area contributed by atoms with E-state index in [2.05, 4.69) is 39.9 Å². The van der Waals surface area contributed by atoms with Crippen molar-refractivity contribution in [3.8, 4) is 0 Å². The molecule has 0 radical (unpaired) electrons. The molecule has 3 heteroatoms. The van der Waals surface area contributed by atoms with Crippen LogP contribution in [0.15, 0.2) is 0 Å². The van der Waals surface area contributed by atoms with Crippen molar-refractivity contribution in [2.45, 2.75) is 78.0 Å². The van der Waals surface area contributed by atoms with E-state index in [9.17, 15) is 0 Å². The molecule has 0 aliphatic heterocycles. The topological polar surface area (TPSA) is 30.5 Å². The van der Waals surface area contributed by atoms with E-state index in [1.807, 2.05) is 0 Å². The summed E-state index contributed by atoms with van der Waals surface area (Å²) in [5.74, 6) is 0.785. The van der Waals surface area contributed by atoms with Crippen molar-refractivity contribution in [1.29, 1.82) is 0 Å². The average molecular weight is 271 g/mol. The molecule has 0 aromatic rings. The van der Waals surface area contributed by atoms with E-state index in [-0.39, 0.29) is 5.60 Å². The predicted octanol–water partition coefficient (Wildman–Crippen LogP) is 3.37. The van der Waals surface area contributed by atoms with Crippen LogP contribution in [0.2, 0.25) is 0 Å². The van der Waals surface area contributed by atoms with Gasteiger partial charge in [0.1, 0.15) is 0 Å². The van der Waals surface area contributed by atoms with Crippen LogP contribution in [0.5, 0.6) is 0 Å². The Morgan fingerprint density at radius 1 is 1.16 bits per heavy atom. The summed E-state index contributed by atoms with van der Waals surface area (Å²) in [5.41, 5.74) is -0.0664. The van der Waals surface area contributed by atoms with Crippen molar-refractivity contribution in [3.05, 3.63) is 0 Å². The maximum atomic E-state index is 6.07. The van der Waals surface area contributed by atoms with E-state index in [0.29, 0.717) is 25.4 Å². The molecule has 1 aliphatic carbocycles. The fourth-order valence-corrected chi connectivity index (χ4v) is 2.62. The van der Waals surface area contributed by atoms with Crippen molar-refractivity contribution in [2.24, 2.45) is 5.92 Å². The van der Waals surface area contributed by atoms with Crippen LogP contribution < -0.4 is 5.32 Å². The summed E-state index contributed by atoms with van der Waals surface area (Å²) in [5, 5.41) is 3.63. The van der Waals surface area contributed by atoms with Gasteiger partial charge < -0.3 is 14.8 Å². The lowest BCUT2D eigenvalue weighted by Gasteiger charge is -2.35. The SMILES string of the molecule is CCCNC1CCC(C)CC1OCCOC(C)(C)C. The minimum Gasteiger partial charge on any atom is -0.374 e. The summed E-state index contributed by atoms with van der Waals surface area (Å²) in [6.45, 7) is 13.3. The van der Waals surface area contributed by atoms with Crippen LogP contribution in [-0.2, 0) is 9.47 Å². The highest BCUT2D eigenvalue weighted by atomic mass is 16.5. The first-order valence-corrected chi connectivity index (χ1v) is 7.91. The van der Waals surface area contributed by atoms with E-state index in [1.54, 1.807) is 0 Å². The van der Waals surface area contributed by atoms with Crippen LogP contribution in [-0.4, -0.2) is 37.5 Å². The lowest BCUT2D eigenvalue weighted by atomic mass is 9.85. The molecule has 3 nitrogen and oxygen atoms in total. The molecule has 0 bridgehead atoms. The van der Waals surface area contributed by atoms with Crippen LogP contribution in [0.1, 0.15) is 60.3 Å². The van der Waals surface area contributed by atoms with Gasteiger partial charge in [-0.05, 0) is 58.9 Å². The smallest absolute Gasteiger partial charge is 0.0731 e. The zero-order valence-corrected chi connectivity index (χ0v) is 13.5. The summed E-state index contributed by atoms with van der Waals surface area (Å²) in [4.78, 5) is 0. The number of nitrogens with one attached hydrogen (secondary N) is 1. The van der Waals surface area contributed by atoms with Crippen molar-refractivity contribution < 1.29 is 9.47 Å². The molecule has 3 unspecified atom stereocenters. The lowest BCUT2D eigenvalue weighted by Crippen LogP contribution is -2.46. The molecule has 1 saturated carbocycles. The third kappa shape index (κ3) is 7.28. The fraction of sp³-hybridized carbons (Fsp3) is 1.00. The zero-order chi connectivity index (χ0) is 14.3. The summed E-state index contributed by atoms with van der Waals surface area (Å²) < 4.78 is 11.8. The summed E-state index contributed by atoms with van der Waals surface area (Å²) in [7, 11) is 0. The molecule has 0 heterocycles. The number of hydrogen-bond acceptors (Lipinski definition) is 3. The maximum Gasteiger partial charge on any atom is 0.0731 e. The predicted molar refractivity (Wildman–Crippen MR) is 80.5 cm³/mol. The molecule has 19 heavy (non-hydrogen) atoms. The van der Waals surface area contributed by atoms with Crippen LogP contribution in [0.3, 0.4) is 0 Å². The van der Waals surface area contributed by atoms with Crippen molar-refractivity contribution in [2.75, 3.05) is 19.8 Å².